The molecule has 7 rings (SSSR count). The number of rotatable bonds is 32. The van der Waals surface area contributed by atoms with Crippen LogP contribution in [-0.4, -0.2) is 267 Å². The molecule has 4 heterocycles. The molecule has 3 aliphatic carbocycles. The summed E-state index contributed by atoms with van der Waals surface area (Å²) in [7, 11) is 1.54. The molecule has 0 aromatic heterocycles. The van der Waals surface area contributed by atoms with Crippen molar-refractivity contribution in [3.8, 4) is 0 Å². The highest BCUT2D eigenvalue weighted by atomic mass is 33.1. The molecule has 19 atom stereocenters. The van der Waals surface area contributed by atoms with Crippen LogP contribution in [0.15, 0.2) is 0 Å². The molecule has 4 saturated heterocycles. The Bertz CT molecular complexity index is 3490. The van der Waals surface area contributed by atoms with Crippen molar-refractivity contribution in [2.45, 2.75) is 259 Å². The first-order valence-electron chi connectivity index (χ1n) is 39.3. The van der Waals surface area contributed by atoms with E-state index in [1.807, 2.05) is 0 Å². The summed E-state index contributed by atoms with van der Waals surface area (Å²) in [5.74, 6) is -20.9. The smallest absolute Gasteiger partial charge is 0.305 e. The third-order valence-electron chi connectivity index (χ3n) is 22.3. The maximum atomic E-state index is 15.6. The van der Waals surface area contributed by atoms with Crippen molar-refractivity contribution in [2.75, 3.05) is 49.8 Å². The van der Waals surface area contributed by atoms with E-state index in [0.29, 0.717) is 31.7 Å². The van der Waals surface area contributed by atoms with Gasteiger partial charge in [-0.1, -0.05) is 79.4 Å². The minimum Gasteiger partial charge on any atom is -0.481 e. The number of hydrogen-bond acceptors (Lipinski definition) is 24. The Balaban J connectivity index is 1.29. The predicted molar refractivity (Wildman–Crippen MR) is 415 cm³/mol. The standard InChI is InChI=1S/C72H114N18O21S3/c1-35-61(100)80-44(19-20-56(73)93)62(101)82-49(26-39-31-77-43-17-10-8-15-41(39)43)66(105)84-50(27-57(74)94)67(106)89-54(72(111)90-22-11-18-55(90)71(110)86-47(24-37-12-5-4-6-13-37)65(104)81-46(60(75)99)28-58(95)96)34-114-113-33-53(70(109)83-48(64(103)78-35)25-38-30-76-42-16-9-7-14-40(38)42)88-68(107)51(29-59(97)98)85-69(108)52(32-91)87-63(102)45(21-23-112-3)79-36(2)92/h35,37-55,76-77,91H,4-34H2,1-3H3,(H2,73,93)(H2,74,94)(H2,75,99)(H,78,103)(H,79,92)(H,80,100)(H,81,104)(H,82,101)(H,83,109)(H,84,105)(H,85,108)(H,86,110)(H,87,102)(H,88,107)(H,89,106)(H,95,96)(H,97,98)/t35-,38?,39?,40?,41?,42?,43?,44-,45-,46-,47-,48-,49-,50-,51-,52-,53-,54-,55-/m0/s1. The number of amides is 16. The zero-order valence-electron chi connectivity index (χ0n) is 64.6. The van der Waals surface area contributed by atoms with E-state index >= 15 is 24.0 Å². The number of hydrogen-bond donors (Lipinski definition) is 20. The van der Waals surface area contributed by atoms with Gasteiger partial charge >= 0.3 is 11.9 Å². The van der Waals surface area contributed by atoms with Crippen LogP contribution in [0.3, 0.4) is 0 Å². The summed E-state index contributed by atoms with van der Waals surface area (Å²) >= 11 is 1.34. The SMILES string of the molecule is CSCC[C@H](NC(C)=O)C(=O)N[C@@H](CO)C(=O)N[C@@H](CC(=O)O)C(=O)N[C@H]1CSSC[C@@H](C(=O)N2CCC[C@H]2C(=O)N[C@@H](CC2CCCCC2)C(=O)N[C@@H](CC(=O)O)C(N)=O)NC(=O)[C@H](CC(N)=O)NC(=O)[C@H](CC2CNC3CCCCC23)NC(=O)[C@H](CCC(N)=O)NC(=O)[C@H](C)NC(=O)[C@H](CC2CNC3CCCCC23)NC1=O. The van der Waals surface area contributed by atoms with Gasteiger partial charge in [0.15, 0.2) is 0 Å². The summed E-state index contributed by atoms with van der Waals surface area (Å²) < 4.78 is 0. The number of carboxylic acids is 2. The van der Waals surface area contributed by atoms with Crippen molar-refractivity contribution in [1.29, 1.82) is 0 Å². The van der Waals surface area contributed by atoms with Crippen LogP contribution in [0.4, 0.5) is 0 Å². The van der Waals surface area contributed by atoms with Crippen LogP contribution in [0, 0.1) is 29.6 Å². The Morgan fingerprint density at radius 1 is 0.544 bits per heavy atom. The maximum Gasteiger partial charge on any atom is 0.305 e. The van der Waals surface area contributed by atoms with Gasteiger partial charge in [0.05, 0.1) is 25.9 Å². The summed E-state index contributed by atoms with van der Waals surface area (Å²) in [5, 5.41) is 67.5. The minimum atomic E-state index is -2.09. The van der Waals surface area contributed by atoms with E-state index in [4.69, 9.17) is 17.2 Å². The number of thioether (sulfide) groups is 1. The van der Waals surface area contributed by atoms with Gasteiger partial charge in [0.2, 0.25) is 94.5 Å². The number of aliphatic hydroxyl groups is 1. The summed E-state index contributed by atoms with van der Waals surface area (Å²) in [5.41, 5.74) is 16.9. The van der Waals surface area contributed by atoms with Crippen LogP contribution < -0.4 is 91.6 Å². The van der Waals surface area contributed by atoms with Gasteiger partial charge < -0.3 is 112 Å². The lowest BCUT2D eigenvalue weighted by molar-refractivity contribution is -0.142. The number of carbonyl (C=O) groups is 18. The molecule has 3 saturated carbocycles. The highest BCUT2D eigenvalue weighted by Gasteiger charge is 2.46. The second-order valence-electron chi connectivity index (χ2n) is 30.7. The number of carbonyl (C=O) groups excluding carboxylic acids is 16. The maximum absolute atomic E-state index is 15.6. The molecule has 7 fully saturated rings. The third-order valence-corrected chi connectivity index (χ3v) is 25.4. The van der Waals surface area contributed by atoms with E-state index in [1.165, 1.54) is 18.7 Å². The molecule has 0 aromatic rings. The summed E-state index contributed by atoms with van der Waals surface area (Å²) in [4.78, 5) is 252. The molecule has 0 bridgehead atoms. The number of nitrogens with two attached hydrogens (primary N) is 3. The highest BCUT2D eigenvalue weighted by molar-refractivity contribution is 8.76. The Morgan fingerprint density at radius 2 is 1.06 bits per heavy atom. The van der Waals surface area contributed by atoms with Crippen molar-refractivity contribution in [2.24, 2.45) is 46.8 Å². The van der Waals surface area contributed by atoms with E-state index in [0.717, 1.165) is 104 Å². The first kappa shape index (κ1) is 92.6. The number of primary amides is 3. The van der Waals surface area contributed by atoms with Crippen molar-refractivity contribution in [3.63, 3.8) is 0 Å². The lowest BCUT2D eigenvalue weighted by Crippen LogP contribution is -2.61. The molecule has 23 N–H and O–H groups in total. The van der Waals surface area contributed by atoms with Gasteiger partial charge in [-0.3, -0.25) is 86.3 Å². The second-order valence-corrected chi connectivity index (χ2v) is 34.3. The number of likely N-dealkylation sites (tertiary alicyclic amines) is 1. The number of aliphatic carboxylic acids is 2. The molecule has 16 amide bonds. The van der Waals surface area contributed by atoms with Gasteiger partial charge in [-0.25, -0.2) is 0 Å². The average Bonchev–Trinajstić information content (AvgIpc) is 1.69. The van der Waals surface area contributed by atoms with Crippen LogP contribution in [0.1, 0.15) is 168 Å². The van der Waals surface area contributed by atoms with E-state index in [-0.39, 0.29) is 86.7 Å². The lowest BCUT2D eigenvalue weighted by atomic mass is 9.77. The van der Waals surface area contributed by atoms with Gasteiger partial charge in [0.1, 0.15) is 78.5 Å². The van der Waals surface area contributed by atoms with Crippen molar-refractivity contribution in [1.82, 2.24) is 79.3 Å². The third kappa shape index (κ3) is 28.4. The fourth-order valence-electron chi connectivity index (χ4n) is 16.3. The van der Waals surface area contributed by atoms with Crippen molar-refractivity contribution in [3.05, 3.63) is 0 Å². The highest BCUT2D eigenvalue weighted by Crippen LogP contribution is 2.39. The minimum absolute atomic E-state index is 0.00536. The molecular weight excluding hydrogens is 1550 g/mol. The fraction of sp³-hybridized carbons (Fsp3) is 0.750. The van der Waals surface area contributed by atoms with E-state index in [2.05, 4.69) is 74.4 Å². The van der Waals surface area contributed by atoms with E-state index < -0.39 is 235 Å². The van der Waals surface area contributed by atoms with Crippen LogP contribution in [-0.2, 0) is 86.3 Å². The number of carboxylic acid groups (broad SMARTS) is 2. The topological polar surface area (TPSA) is 618 Å². The van der Waals surface area contributed by atoms with Crippen LogP contribution in [0.25, 0.3) is 0 Å². The molecule has 636 valence electrons. The van der Waals surface area contributed by atoms with E-state index in [9.17, 15) is 77.6 Å². The molecule has 39 nitrogen and oxygen atoms in total. The molecule has 42 heteroatoms. The lowest BCUT2D eigenvalue weighted by Gasteiger charge is -2.32. The average molecular weight is 1660 g/mol. The number of aliphatic hydroxyl groups excluding tert-OH is 1. The van der Waals surface area contributed by atoms with Gasteiger partial charge in [-0.05, 0) is 132 Å². The summed E-state index contributed by atoms with van der Waals surface area (Å²) in [6, 6.07) is -21.3. The normalized spacial score (nSPS) is 28.3. The van der Waals surface area contributed by atoms with Crippen molar-refractivity contribution >= 4 is 140 Å². The quantitative estimate of drug-likeness (QED) is 0.0280. The summed E-state index contributed by atoms with van der Waals surface area (Å²) in [6.45, 7) is 1.96. The number of nitrogens with one attached hydrogen (secondary N) is 14. The zero-order valence-corrected chi connectivity index (χ0v) is 67.0. The Labute approximate surface area is 672 Å². The van der Waals surface area contributed by atoms with Gasteiger partial charge in [-0.15, -0.1) is 0 Å². The fourth-order valence-corrected chi connectivity index (χ4v) is 19.1. The molecule has 0 aromatic carbocycles. The molecular formula is C72H114N18O21S3. The molecule has 6 unspecified atom stereocenters. The van der Waals surface area contributed by atoms with Crippen molar-refractivity contribution < 1.29 is 102 Å². The van der Waals surface area contributed by atoms with Gasteiger partial charge in [-0.2, -0.15) is 11.8 Å². The predicted octanol–water partition coefficient (Wildman–Crippen LogP) is -5.14. The monoisotopic (exact) mass is 1660 g/mol. The molecule has 7 aliphatic rings. The first-order valence-corrected chi connectivity index (χ1v) is 43.1. The van der Waals surface area contributed by atoms with Crippen LogP contribution in [0.5, 0.6) is 0 Å². The van der Waals surface area contributed by atoms with Gasteiger partial charge in [0, 0.05) is 43.5 Å². The van der Waals surface area contributed by atoms with E-state index in [1.54, 1.807) is 6.26 Å². The first-order chi connectivity index (χ1) is 54.2. The van der Waals surface area contributed by atoms with Crippen LogP contribution >= 0.6 is 33.3 Å². The molecule has 0 spiro atoms. The zero-order chi connectivity index (χ0) is 83.5. The summed E-state index contributed by atoms with van der Waals surface area (Å²) in [6.07, 6.45) is 8.49. The molecule has 114 heavy (non-hydrogen) atoms. The van der Waals surface area contributed by atoms with Gasteiger partial charge in [0.25, 0.3) is 0 Å². The number of fused-ring (bicyclic) bond motifs is 2. The number of nitrogens with zero attached hydrogens (tertiary/aromatic N) is 1. The largest absolute Gasteiger partial charge is 0.481 e. The molecule has 0 radical (unpaired) electrons. The molecule has 4 aliphatic heterocycles. The van der Waals surface area contributed by atoms with Crippen LogP contribution in [0.2, 0.25) is 0 Å². The Morgan fingerprint density at radius 3 is 1.64 bits per heavy atom. The Hall–Kier alpha value is -8.61. The Kier molecular flexibility index (Phi) is 37.0. The second kappa shape index (κ2) is 45.6.